The molecule has 2 nitrogen and oxygen atoms in total. The molecule has 0 N–H and O–H groups in total. The molecule has 0 atom stereocenters. The Bertz CT molecular complexity index is 493. The minimum absolute atomic E-state index is 0.112. The lowest BCUT2D eigenvalue weighted by Gasteiger charge is -2.37. The lowest BCUT2D eigenvalue weighted by atomic mass is 9.71. The Morgan fingerprint density at radius 3 is 2.53 bits per heavy atom. The Morgan fingerprint density at radius 1 is 1.41 bits per heavy atom. The van der Waals surface area contributed by atoms with Gasteiger partial charge in [-0.05, 0) is 53.7 Å². The van der Waals surface area contributed by atoms with Crippen LogP contribution in [0.25, 0.3) is 0 Å². The number of benzene rings is 1. The standard InChI is InChI=1S/C12H10BrF2NO/c1-7-5-8(13)11(15)9(10(7)14)12(16-6-17)3-2-4-12/h5H,2-4H2,1H3. The van der Waals surface area contributed by atoms with Crippen molar-refractivity contribution in [2.45, 2.75) is 31.7 Å². The molecular formula is C12H10BrF2NO. The molecule has 1 fully saturated rings. The third-order valence-electron chi connectivity index (χ3n) is 3.24. The van der Waals surface area contributed by atoms with Gasteiger partial charge >= 0.3 is 0 Å². The number of aliphatic imine (C=N–C) groups is 1. The Kier molecular flexibility index (Phi) is 3.15. The maximum absolute atomic E-state index is 14.0. The van der Waals surface area contributed by atoms with Crippen molar-refractivity contribution in [2.24, 2.45) is 4.99 Å². The second kappa shape index (κ2) is 4.31. The van der Waals surface area contributed by atoms with Crippen LogP contribution < -0.4 is 0 Å². The molecule has 1 aliphatic carbocycles. The number of isocyanates is 1. The SMILES string of the molecule is Cc1cc(Br)c(F)c(C2(N=C=O)CCC2)c1F. The summed E-state index contributed by atoms with van der Waals surface area (Å²) >= 11 is 3.05. The lowest BCUT2D eigenvalue weighted by molar-refractivity contribution is 0.237. The van der Waals surface area contributed by atoms with E-state index < -0.39 is 17.2 Å². The molecule has 0 radical (unpaired) electrons. The van der Waals surface area contributed by atoms with Crippen molar-refractivity contribution < 1.29 is 13.6 Å². The first kappa shape index (κ1) is 12.4. The van der Waals surface area contributed by atoms with E-state index in [1.54, 1.807) is 6.92 Å². The van der Waals surface area contributed by atoms with Gasteiger partial charge in [0, 0.05) is 0 Å². The van der Waals surface area contributed by atoms with Crippen LogP contribution in [-0.4, -0.2) is 6.08 Å². The fourth-order valence-corrected chi connectivity index (χ4v) is 2.70. The fourth-order valence-electron chi connectivity index (χ4n) is 2.16. The number of hydrogen-bond acceptors (Lipinski definition) is 2. The third kappa shape index (κ3) is 1.83. The van der Waals surface area contributed by atoms with E-state index in [2.05, 4.69) is 20.9 Å². The molecule has 0 aliphatic heterocycles. The van der Waals surface area contributed by atoms with Crippen LogP contribution in [-0.2, 0) is 10.3 Å². The zero-order valence-electron chi connectivity index (χ0n) is 9.19. The van der Waals surface area contributed by atoms with Crippen LogP contribution in [0.15, 0.2) is 15.5 Å². The van der Waals surface area contributed by atoms with Crippen molar-refractivity contribution in [1.82, 2.24) is 0 Å². The van der Waals surface area contributed by atoms with E-state index in [0.29, 0.717) is 18.4 Å². The molecule has 1 aliphatic rings. The Morgan fingerprint density at radius 2 is 2.06 bits per heavy atom. The van der Waals surface area contributed by atoms with Gasteiger partial charge in [-0.1, -0.05) is 0 Å². The van der Waals surface area contributed by atoms with Crippen LogP contribution in [0.5, 0.6) is 0 Å². The Balaban J connectivity index is 2.69. The van der Waals surface area contributed by atoms with E-state index >= 15 is 0 Å². The van der Waals surface area contributed by atoms with E-state index in [0.717, 1.165) is 6.42 Å². The Labute approximate surface area is 106 Å². The average Bonchev–Trinajstić information content (AvgIpc) is 2.23. The number of hydrogen-bond donors (Lipinski definition) is 0. The maximum Gasteiger partial charge on any atom is 0.235 e. The van der Waals surface area contributed by atoms with E-state index in [1.165, 1.54) is 12.1 Å². The number of aryl methyl sites for hydroxylation is 1. The zero-order valence-corrected chi connectivity index (χ0v) is 10.8. The van der Waals surface area contributed by atoms with Crippen LogP contribution in [0, 0.1) is 18.6 Å². The van der Waals surface area contributed by atoms with Gasteiger partial charge < -0.3 is 0 Å². The highest BCUT2D eigenvalue weighted by Gasteiger charge is 2.44. The van der Waals surface area contributed by atoms with Crippen molar-refractivity contribution in [3.63, 3.8) is 0 Å². The quantitative estimate of drug-likeness (QED) is 0.465. The van der Waals surface area contributed by atoms with E-state index in [-0.39, 0.29) is 10.0 Å². The molecule has 1 aromatic carbocycles. The monoisotopic (exact) mass is 301 g/mol. The minimum Gasteiger partial charge on any atom is -0.211 e. The minimum atomic E-state index is -1.05. The maximum atomic E-state index is 14.0. The molecule has 90 valence electrons. The summed E-state index contributed by atoms with van der Waals surface area (Å²) < 4.78 is 28.2. The molecule has 0 unspecified atom stereocenters. The predicted octanol–water partition coefficient (Wildman–Crippen LogP) is 3.75. The first-order valence-corrected chi connectivity index (χ1v) is 6.05. The lowest BCUT2D eigenvalue weighted by Crippen LogP contribution is -2.34. The molecule has 0 heterocycles. The summed E-state index contributed by atoms with van der Waals surface area (Å²) in [6.07, 6.45) is 3.19. The second-order valence-corrected chi connectivity index (χ2v) is 5.12. The summed E-state index contributed by atoms with van der Waals surface area (Å²) in [6.45, 7) is 1.56. The first-order valence-electron chi connectivity index (χ1n) is 5.25. The molecule has 0 bridgehead atoms. The number of nitrogens with zero attached hydrogens (tertiary/aromatic N) is 1. The molecule has 1 saturated carbocycles. The molecule has 2 rings (SSSR count). The molecule has 0 aromatic heterocycles. The van der Waals surface area contributed by atoms with Gasteiger partial charge in [0.2, 0.25) is 6.08 Å². The second-order valence-electron chi connectivity index (χ2n) is 4.27. The van der Waals surface area contributed by atoms with Gasteiger partial charge in [-0.15, -0.1) is 0 Å². The summed E-state index contributed by atoms with van der Waals surface area (Å²) in [7, 11) is 0. The van der Waals surface area contributed by atoms with Crippen molar-refractivity contribution in [3.05, 3.63) is 33.3 Å². The number of carbonyl (C=O) groups excluding carboxylic acids is 1. The van der Waals surface area contributed by atoms with Gasteiger partial charge in [0.1, 0.15) is 17.2 Å². The molecule has 0 amide bonds. The molecule has 17 heavy (non-hydrogen) atoms. The van der Waals surface area contributed by atoms with Gasteiger partial charge in [-0.25, -0.2) is 13.6 Å². The first-order chi connectivity index (χ1) is 8.02. The molecule has 0 saturated heterocycles. The van der Waals surface area contributed by atoms with Crippen molar-refractivity contribution >= 4 is 22.0 Å². The topological polar surface area (TPSA) is 29.4 Å². The molecule has 1 aromatic rings. The highest BCUT2D eigenvalue weighted by molar-refractivity contribution is 9.10. The van der Waals surface area contributed by atoms with Crippen LogP contribution in [0.4, 0.5) is 8.78 Å². The smallest absolute Gasteiger partial charge is 0.211 e. The fraction of sp³-hybridized carbons (Fsp3) is 0.417. The summed E-state index contributed by atoms with van der Waals surface area (Å²) in [5, 5.41) is 0. The van der Waals surface area contributed by atoms with Crippen molar-refractivity contribution in [3.8, 4) is 0 Å². The summed E-state index contributed by atoms with van der Waals surface area (Å²) in [5.74, 6) is -1.30. The average molecular weight is 302 g/mol. The van der Waals surface area contributed by atoms with E-state index in [4.69, 9.17) is 0 Å². The Hall–Kier alpha value is -1.06. The largest absolute Gasteiger partial charge is 0.235 e. The third-order valence-corrected chi connectivity index (χ3v) is 3.82. The number of halogens is 3. The molecule has 0 spiro atoms. The van der Waals surface area contributed by atoms with Gasteiger partial charge in [0.05, 0.1) is 10.0 Å². The normalized spacial score (nSPS) is 17.2. The summed E-state index contributed by atoms with van der Waals surface area (Å²) in [4.78, 5) is 14.1. The van der Waals surface area contributed by atoms with Crippen LogP contribution >= 0.6 is 15.9 Å². The predicted molar refractivity (Wildman–Crippen MR) is 62.4 cm³/mol. The van der Waals surface area contributed by atoms with Gasteiger partial charge in [-0.3, -0.25) is 0 Å². The van der Waals surface area contributed by atoms with Gasteiger partial charge in [0.25, 0.3) is 0 Å². The van der Waals surface area contributed by atoms with Crippen LogP contribution in [0.2, 0.25) is 0 Å². The van der Waals surface area contributed by atoms with Crippen molar-refractivity contribution in [2.75, 3.05) is 0 Å². The summed E-state index contributed by atoms with van der Waals surface area (Å²) in [6, 6.07) is 1.38. The zero-order chi connectivity index (χ0) is 12.6. The highest BCUT2D eigenvalue weighted by atomic mass is 79.9. The van der Waals surface area contributed by atoms with Crippen LogP contribution in [0.1, 0.15) is 30.4 Å². The molecular weight excluding hydrogens is 292 g/mol. The van der Waals surface area contributed by atoms with Crippen molar-refractivity contribution in [1.29, 1.82) is 0 Å². The summed E-state index contributed by atoms with van der Waals surface area (Å²) in [5.41, 5.74) is -0.829. The number of rotatable bonds is 2. The van der Waals surface area contributed by atoms with E-state index in [9.17, 15) is 13.6 Å². The van der Waals surface area contributed by atoms with Gasteiger partial charge in [-0.2, -0.15) is 4.99 Å². The molecule has 5 heteroatoms. The highest BCUT2D eigenvalue weighted by Crippen LogP contribution is 2.48. The van der Waals surface area contributed by atoms with Gasteiger partial charge in [0.15, 0.2) is 0 Å². The van der Waals surface area contributed by atoms with Crippen LogP contribution in [0.3, 0.4) is 0 Å². The van der Waals surface area contributed by atoms with E-state index in [1.807, 2.05) is 0 Å².